The molecular formula is C22H26N4. The normalized spacial score (nSPS) is 10.6. The van der Waals surface area contributed by atoms with Crippen molar-refractivity contribution < 1.29 is 0 Å². The van der Waals surface area contributed by atoms with E-state index in [2.05, 4.69) is 77.6 Å². The van der Waals surface area contributed by atoms with Crippen LogP contribution in [0.1, 0.15) is 29.3 Å². The number of hydrogen-bond donors (Lipinski definition) is 1. The lowest BCUT2D eigenvalue weighted by Gasteiger charge is -2.23. The summed E-state index contributed by atoms with van der Waals surface area (Å²) >= 11 is 0. The number of aryl methyl sites for hydroxylation is 2. The third-order valence-corrected chi connectivity index (χ3v) is 4.33. The lowest BCUT2D eigenvalue weighted by molar-refractivity contribution is 0.807. The molecular weight excluding hydrogens is 320 g/mol. The molecule has 0 saturated carbocycles. The summed E-state index contributed by atoms with van der Waals surface area (Å²) in [6.07, 6.45) is 0. The van der Waals surface area contributed by atoms with Gasteiger partial charge in [-0.3, -0.25) is 0 Å². The largest absolute Gasteiger partial charge is 0.352 e. The van der Waals surface area contributed by atoms with E-state index in [1.807, 2.05) is 19.1 Å². The average Bonchev–Trinajstić information content (AvgIpc) is 2.66. The molecule has 1 N–H and O–H groups in total. The third kappa shape index (κ3) is 4.82. The van der Waals surface area contributed by atoms with Gasteiger partial charge in [-0.2, -0.15) is 4.98 Å². The quantitative estimate of drug-likeness (QED) is 0.671. The van der Waals surface area contributed by atoms with Gasteiger partial charge in [0.05, 0.1) is 0 Å². The van der Waals surface area contributed by atoms with E-state index in [9.17, 15) is 0 Å². The molecule has 3 rings (SSSR count). The monoisotopic (exact) mass is 346 g/mol. The zero-order chi connectivity index (χ0) is 18.4. The standard InChI is InChI=1S/C22H26N4/c1-4-26(16-20-8-6-5-7-9-20)21-14-18(3)24-22(25-21)23-15-19-12-10-17(2)11-13-19/h5-14H,4,15-16H2,1-3H3,(H,23,24,25). The van der Waals surface area contributed by atoms with Crippen molar-refractivity contribution >= 4 is 11.8 Å². The zero-order valence-corrected chi connectivity index (χ0v) is 15.7. The van der Waals surface area contributed by atoms with Gasteiger partial charge in [-0.05, 0) is 31.9 Å². The highest BCUT2D eigenvalue weighted by Crippen LogP contribution is 2.18. The van der Waals surface area contributed by atoms with Crippen LogP contribution in [-0.4, -0.2) is 16.5 Å². The summed E-state index contributed by atoms with van der Waals surface area (Å²) in [5, 5.41) is 3.36. The second kappa shape index (κ2) is 8.48. The SMILES string of the molecule is CCN(Cc1ccccc1)c1cc(C)nc(NCc2ccc(C)cc2)n1. The highest BCUT2D eigenvalue weighted by atomic mass is 15.2. The average molecular weight is 346 g/mol. The molecule has 0 amide bonds. The molecule has 134 valence electrons. The molecule has 1 heterocycles. The first-order valence-electron chi connectivity index (χ1n) is 9.08. The lowest BCUT2D eigenvalue weighted by atomic mass is 10.1. The van der Waals surface area contributed by atoms with Gasteiger partial charge in [0, 0.05) is 31.4 Å². The molecule has 0 fully saturated rings. The van der Waals surface area contributed by atoms with Crippen molar-refractivity contribution in [3.05, 3.63) is 83.0 Å². The second-order valence-corrected chi connectivity index (χ2v) is 6.53. The maximum absolute atomic E-state index is 4.74. The van der Waals surface area contributed by atoms with Gasteiger partial charge >= 0.3 is 0 Å². The highest BCUT2D eigenvalue weighted by molar-refractivity contribution is 5.45. The predicted octanol–water partition coefficient (Wildman–Crippen LogP) is 4.73. The van der Waals surface area contributed by atoms with E-state index in [1.165, 1.54) is 16.7 Å². The molecule has 0 aliphatic rings. The van der Waals surface area contributed by atoms with Gasteiger partial charge in [-0.1, -0.05) is 60.2 Å². The predicted molar refractivity (Wildman–Crippen MR) is 108 cm³/mol. The molecule has 0 aliphatic heterocycles. The van der Waals surface area contributed by atoms with Gasteiger partial charge in [-0.15, -0.1) is 0 Å². The van der Waals surface area contributed by atoms with Crippen LogP contribution in [0.3, 0.4) is 0 Å². The molecule has 2 aromatic carbocycles. The minimum atomic E-state index is 0.673. The van der Waals surface area contributed by atoms with Crippen LogP contribution in [0.15, 0.2) is 60.7 Å². The summed E-state index contributed by atoms with van der Waals surface area (Å²) in [5.74, 6) is 1.63. The minimum Gasteiger partial charge on any atom is -0.352 e. The Balaban J connectivity index is 1.74. The highest BCUT2D eigenvalue weighted by Gasteiger charge is 2.10. The van der Waals surface area contributed by atoms with Crippen molar-refractivity contribution in [3.63, 3.8) is 0 Å². The Bertz CT molecular complexity index is 829. The zero-order valence-electron chi connectivity index (χ0n) is 15.7. The van der Waals surface area contributed by atoms with Gasteiger partial charge in [0.25, 0.3) is 0 Å². The van der Waals surface area contributed by atoms with Crippen molar-refractivity contribution in [2.75, 3.05) is 16.8 Å². The lowest BCUT2D eigenvalue weighted by Crippen LogP contribution is -2.23. The number of nitrogens with one attached hydrogen (secondary N) is 1. The maximum Gasteiger partial charge on any atom is 0.225 e. The smallest absolute Gasteiger partial charge is 0.225 e. The Morgan fingerprint density at radius 1 is 0.885 bits per heavy atom. The van der Waals surface area contributed by atoms with Crippen molar-refractivity contribution in [3.8, 4) is 0 Å². The Morgan fingerprint density at radius 3 is 2.31 bits per heavy atom. The molecule has 0 unspecified atom stereocenters. The van der Waals surface area contributed by atoms with Crippen molar-refractivity contribution in [2.45, 2.75) is 33.9 Å². The number of anilines is 2. The van der Waals surface area contributed by atoms with E-state index in [0.717, 1.165) is 24.6 Å². The summed E-state index contributed by atoms with van der Waals surface area (Å²) in [7, 11) is 0. The fourth-order valence-corrected chi connectivity index (χ4v) is 2.84. The summed E-state index contributed by atoms with van der Waals surface area (Å²) in [6, 6.07) is 21.0. The maximum atomic E-state index is 4.74. The number of aromatic nitrogens is 2. The van der Waals surface area contributed by atoms with Crippen LogP contribution in [-0.2, 0) is 13.1 Å². The molecule has 3 aromatic rings. The summed E-state index contributed by atoms with van der Waals surface area (Å²) in [4.78, 5) is 11.5. The van der Waals surface area contributed by atoms with Gasteiger partial charge in [-0.25, -0.2) is 4.98 Å². The first-order valence-corrected chi connectivity index (χ1v) is 9.08. The van der Waals surface area contributed by atoms with E-state index in [4.69, 9.17) is 4.98 Å². The van der Waals surface area contributed by atoms with Crippen molar-refractivity contribution in [2.24, 2.45) is 0 Å². The number of nitrogens with zero attached hydrogens (tertiary/aromatic N) is 3. The van der Waals surface area contributed by atoms with Crippen LogP contribution in [0.2, 0.25) is 0 Å². The molecule has 1 aromatic heterocycles. The first kappa shape index (κ1) is 17.9. The Hall–Kier alpha value is -2.88. The summed E-state index contributed by atoms with van der Waals surface area (Å²) in [5.41, 5.74) is 4.73. The Kier molecular flexibility index (Phi) is 5.84. The van der Waals surface area contributed by atoms with E-state index >= 15 is 0 Å². The molecule has 0 spiro atoms. The fourth-order valence-electron chi connectivity index (χ4n) is 2.84. The van der Waals surface area contributed by atoms with Crippen LogP contribution in [0.4, 0.5) is 11.8 Å². The summed E-state index contributed by atoms with van der Waals surface area (Å²) in [6.45, 7) is 8.71. The molecule has 0 radical (unpaired) electrons. The Labute approximate surface area is 155 Å². The Morgan fingerprint density at radius 2 is 1.62 bits per heavy atom. The van der Waals surface area contributed by atoms with Crippen molar-refractivity contribution in [1.82, 2.24) is 9.97 Å². The molecule has 0 atom stereocenters. The molecule has 0 saturated heterocycles. The van der Waals surface area contributed by atoms with E-state index in [0.29, 0.717) is 12.5 Å². The molecule has 0 aliphatic carbocycles. The van der Waals surface area contributed by atoms with E-state index in [1.54, 1.807) is 0 Å². The molecule has 26 heavy (non-hydrogen) atoms. The molecule has 4 nitrogen and oxygen atoms in total. The summed E-state index contributed by atoms with van der Waals surface area (Å²) < 4.78 is 0. The van der Waals surface area contributed by atoms with Crippen LogP contribution in [0.25, 0.3) is 0 Å². The van der Waals surface area contributed by atoms with Gasteiger partial charge in [0.15, 0.2) is 0 Å². The van der Waals surface area contributed by atoms with Crippen LogP contribution >= 0.6 is 0 Å². The van der Waals surface area contributed by atoms with Crippen LogP contribution in [0.5, 0.6) is 0 Å². The van der Waals surface area contributed by atoms with E-state index < -0.39 is 0 Å². The number of rotatable bonds is 7. The van der Waals surface area contributed by atoms with E-state index in [-0.39, 0.29) is 0 Å². The van der Waals surface area contributed by atoms with Gasteiger partial charge in [0.2, 0.25) is 5.95 Å². The number of benzene rings is 2. The van der Waals surface area contributed by atoms with Crippen LogP contribution in [0, 0.1) is 13.8 Å². The van der Waals surface area contributed by atoms with Crippen molar-refractivity contribution in [1.29, 1.82) is 0 Å². The first-order chi connectivity index (χ1) is 12.6. The van der Waals surface area contributed by atoms with Gasteiger partial charge < -0.3 is 10.2 Å². The fraction of sp³-hybridized carbons (Fsp3) is 0.273. The minimum absolute atomic E-state index is 0.673. The second-order valence-electron chi connectivity index (χ2n) is 6.53. The topological polar surface area (TPSA) is 41.1 Å². The molecule has 4 heteroatoms. The molecule has 0 bridgehead atoms. The van der Waals surface area contributed by atoms with Gasteiger partial charge in [0.1, 0.15) is 5.82 Å². The third-order valence-electron chi connectivity index (χ3n) is 4.33. The number of hydrogen-bond acceptors (Lipinski definition) is 4. The van der Waals surface area contributed by atoms with Crippen LogP contribution < -0.4 is 10.2 Å².